The van der Waals surface area contributed by atoms with E-state index in [1.165, 1.54) is 14.2 Å². The lowest BCUT2D eigenvalue weighted by Crippen LogP contribution is -2.12. The lowest BCUT2D eigenvalue weighted by Gasteiger charge is -2.17. The second kappa shape index (κ2) is 17.4. The monoisotopic (exact) mass is 808 g/mol. The largest absolute Gasteiger partial charge is 0.465 e. The Hall–Kier alpha value is -8.50. The van der Waals surface area contributed by atoms with Gasteiger partial charge in [-0.3, -0.25) is 19.9 Å². The van der Waals surface area contributed by atoms with Crippen molar-refractivity contribution < 1.29 is 19.1 Å². The van der Waals surface area contributed by atoms with Gasteiger partial charge in [0, 0.05) is 24.8 Å². The first-order valence-electron chi connectivity index (χ1n) is 19.7. The van der Waals surface area contributed by atoms with Crippen LogP contribution in [0.3, 0.4) is 0 Å². The third kappa shape index (κ3) is 8.08. The average molecular weight is 809 g/mol. The second-order valence-corrected chi connectivity index (χ2v) is 14.2. The Morgan fingerprint density at radius 2 is 0.629 bits per heavy atom. The highest BCUT2D eigenvalue weighted by Crippen LogP contribution is 2.39. The van der Waals surface area contributed by atoms with Gasteiger partial charge in [-0.05, 0) is 129 Å². The molecule has 9 rings (SSSR count). The number of benzene rings is 3. The first-order chi connectivity index (χ1) is 30.4. The Morgan fingerprint density at radius 1 is 0.339 bits per heavy atom. The maximum Gasteiger partial charge on any atom is 0.338 e. The van der Waals surface area contributed by atoms with Gasteiger partial charge >= 0.3 is 11.9 Å². The van der Waals surface area contributed by atoms with E-state index < -0.39 is 11.9 Å². The van der Waals surface area contributed by atoms with Gasteiger partial charge in [-0.25, -0.2) is 19.6 Å². The van der Waals surface area contributed by atoms with Crippen molar-refractivity contribution in [1.29, 1.82) is 0 Å². The van der Waals surface area contributed by atoms with E-state index in [9.17, 15) is 9.59 Å². The molecule has 0 radical (unpaired) electrons. The standard InChI is InChI=1S/C52H36N6O4/c1-61-51(59)41-31-39(35-19-15-33(16-20-35)37-27-47(43-11-3-7-23-53-43)57-48(28-37)44-12-4-8-24-54-44)40(32-42(41)52(60)62-2)36-21-17-34(18-22-36)38-29-49(45-13-5-9-25-55-45)58-50(30-38)46-14-6-10-26-56-46/h3-32H,1-2H3. The summed E-state index contributed by atoms with van der Waals surface area (Å²) in [5.41, 5.74) is 12.8. The molecule has 0 aliphatic heterocycles. The number of carbonyl (C=O) groups is 2. The average Bonchev–Trinajstić information content (AvgIpc) is 3.36. The van der Waals surface area contributed by atoms with Crippen molar-refractivity contribution in [3.63, 3.8) is 0 Å². The number of esters is 2. The lowest BCUT2D eigenvalue weighted by molar-refractivity contribution is 0.0555. The van der Waals surface area contributed by atoms with E-state index in [0.29, 0.717) is 33.9 Å². The molecule has 10 nitrogen and oxygen atoms in total. The van der Waals surface area contributed by atoms with Crippen LogP contribution in [0.15, 0.2) is 183 Å². The molecule has 0 saturated carbocycles. The topological polar surface area (TPSA) is 130 Å². The fraction of sp³-hybridized carbons (Fsp3) is 0.0385. The van der Waals surface area contributed by atoms with Gasteiger partial charge in [-0.1, -0.05) is 72.8 Å². The van der Waals surface area contributed by atoms with Crippen LogP contribution in [0.1, 0.15) is 20.7 Å². The molecule has 0 spiro atoms. The number of hydrogen-bond donors (Lipinski definition) is 0. The van der Waals surface area contributed by atoms with Crippen LogP contribution in [-0.2, 0) is 9.47 Å². The summed E-state index contributed by atoms with van der Waals surface area (Å²) in [6, 6.07) is 50.5. The molecular formula is C52H36N6O4. The molecule has 0 N–H and O–H groups in total. The van der Waals surface area contributed by atoms with Crippen molar-refractivity contribution in [1.82, 2.24) is 29.9 Å². The first kappa shape index (κ1) is 39.0. The van der Waals surface area contributed by atoms with Gasteiger partial charge in [0.15, 0.2) is 0 Å². The number of nitrogens with zero attached hydrogens (tertiary/aromatic N) is 6. The molecule has 0 saturated heterocycles. The molecule has 9 aromatic rings. The van der Waals surface area contributed by atoms with E-state index in [4.69, 9.17) is 19.4 Å². The van der Waals surface area contributed by atoms with Gasteiger partial charge in [0.25, 0.3) is 0 Å². The number of ether oxygens (including phenoxy) is 2. The molecule has 3 aromatic carbocycles. The highest BCUT2D eigenvalue weighted by atomic mass is 16.5. The third-order valence-electron chi connectivity index (χ3n) is 10.4. The van der Waals surface area contributed by atoms with Crippen LogP contribution in [-0.4, -0.2) is 56.1 Å². The minimum atomic E-state index is -0.656. The second-order valence-electron chi connectivity index (χ2n) is 14.2. The van der Waals surface area contributed by atoms with Crippen molar-refractivity contribution in [2.75, 3.05) is 14.2 Å². The first-order valence-corrected chi connectivity index (χ1v) is 19.7. The maximum atomic E-state index is 13.2. The Morgan fingerprint density at radius 3 is 0.887 bits per heavy atom. The van der Waals surface area contributed by atoms with Gasteiger partial charge in [-0.2, -0.15) is 0 Å². The molecular weight excluding hydrogens is 773 g/mol. The predicted octanol–water partition coefficient (Wildman–Crippen LogP) is 11.0. The summed E-state index contributed by atoms with van der Waals surface area (Å²) in [7, 11) is 2.57. The molecule has 0 unspecified atom stereocenters. The quantitative estimate of drug-likeness (QED) is 0.123. The van der Waals surface area contributed by atoms with Crippen LogP contribution in [0.25, 0.3) is 90.1 Å². The Kier molecular flexibility index (Phi) is 10.9. The molecule has 6 heterocycles. The van der Waals surface area contributed by atoms with E-state index in [1.807, 2.05) is 146 Å². The summed E-state index contributed by atoms with van der Waals surface area (Å²) in [5, 5.41) is 0. The van der Waals surface area contributed by atoms with Gasteiger partial charge in [-0.15, -0.1) is 0 Å². The summed E-state index contributed by atoms with van der Waals surface area (Å²) in [5.74, 6) is -1.31. The summed E-state index contributed by atoms with van der Waals surface area (Å²) in [6.45, 7) is 0. The van der Waals surface area contributed by atoms with E-state index in [1.54, 1.807) is 36.9 Å². The molecule has 298 valence electrons. The van der Waals surface area contributed by atoms with Gasteiger partial charge in [0.1, 0.15) is 0 Å². The molecule has 0 aliphatic rings. The number of carbonyl (C=O) groups excluding carboxylic acids is 2. The maximum absolute atomic E-state index is 13.2. The highest BCUT2D eigenvalue weighted by molar-refractivity contribution is 6.06. The van der Waals surface area contributed by atoms with Gasteiger partial charge in [0.2, 0.25) is 0 Å². The van der Waals surface area contributed by atoms with E-state index in [0.717, 1.165) is 56.2 Å². The van der Waals surface area contributed by atoms with Crippen molar-refractivity contribution in [3.8, 4) is 90.1 Å². The molecule has 0 amide bonds. The van der Waals surface area contributed by atoms with Crippen LogP contribution in [0.4, 0.5) is 0 Å². The summed E-state index contributed by atoms with van der Waals surface area (Å²) < 4.78 is 10.3. The van der Waals surface area contributed by atoms with E-state index in [2.05, 4.69) is 19.9 Å². The van der Waals surface area contributed by atoms with Gasteiger partial charge < -0.3 is 9.47 Å². The molecule has 62 heavy (non-hydrogen) atoms. The summed E-state index contributed by atoms with van der Waals surface area (Å²) in [6.07, 6.45) is 6.99. The minimum absolute atomic E-state index is 0.0915. The number of pyridine rings is 6. The number of rotatable bonds is 10. The highest BCUT2D eigenvalue weighted by Gasteiger charge is 2.23. The molecule has 6 aromatic heterocycles. The molecule has 10 heteroatoms. The Labute approximate surface area is 357 Å². The lowest BCUT2D eigenvalue weighted by atomic mass is 9.88. The van der Waals surface area contributed by atoms with Crippen LogP contribution in [0.2, 0.25) is 0 Å². The number of methoxy groups -OCH3 is 2. The number of hydrogen-bond acceptors (Lipinski definition) is 10. The Bertz CT molecular complexity index is 2720. The number of aromatic nitrogens is 6. The van der Waals surface area contributed by atoms with Crippen LogP contribution in [0.5, 0.6) is 0 Å². The van der Waals surface area contributed by atoms with Crippen LogP contribution < -0.4 is 0 Å². The zero-order valence-corrected chi connectivity index (χ0v) is 33.6. The SMILES string of the molecule is COC(=O)c1cc(-c2ccc(-c3cc(-c4ccccn4)nc(-c4ccccn4)c3)cc2)c(-c2ccc(-c3cc(-c4ccccn4)nc(-c4ccccn4)c3)cc2)cc1C(=O)OC. The summed E-state index contributed by atoms with van der Waals surface area (Å²) in [4.78, 5) is 54.5. The third-order valence-corrected chi connectivity index (χ3v) is 10.4. The smallest absolute Gasteiger partial charge is 0.338 e. The fourth-order valence-electron chi connectivity index (χ4n) is 7.30. The summed E-state index contributed by atoms with van der Waals surface area (Å²) >= 11 is 0. The molecule has 0 bridgehead atoms. The zero-order valence-electron chi connectivity index (χ0n) is 33.6. The normalized spacial score (nSPS) is 10.9. The van der Waals surface area contributed by atoms with Gasteiger partial charge in [0.05, 0.1) is 70.9 Å². The zero-order chi connectivity index (χ0) is 42.4. The van der Waals surface area contributed by atoms with Crippen molar-refractivity contribution >= 4 is 11.9 Å². The minimum Gasteiger partial charge on any atom is -0.465 e. The molecule has 0 atom stereocenters. The van der Waals surface area contributed by atoms with E-state index in [-0.39, 0.29) is 11.1 Å². The van der Waals surface area contributed by atoms with Crippen LogP contribution >= 0.6 is 0 Å². The Balaban J connectivity index is 1.14. The predicted molar refractivity (Wildman–Crippen MR) is 239 cm³/mol. The van der Waals surface area contributed by atoms with Crippen molar-refractivity contribution in [3.05, 3.63) is 194 Å². The van der Waals surface area contributed by atoms with E-state index >= 15 is 0 Å². The molecule has 0 fully saturated rings. The van der Waals surface area contributed by atoms with Crippen molar-refractivity contribution in [2.45, 2.75) is 0 Å². The fourth-order valence-corrected chi connectivity index (χ4v) is 7.30. The molecule has 0 aliphatic carbocycles. The van der Waals surface area contributed by atoms with Crippen molar-refractivity contribution in [2.24, 2.45) is 0 Å². The van der Waals surface area contributed by atoms with Crippen LogP contribution in [0, 0.1) is 0 Å².